The first-order chi connectivity index (χ1) is 11.8. The standard InChI is InChI=1S/C17H19Cl2N3O3/c1-9(2)14-17(25)22-4-3-21(8-13(22)15(23)20-14)16(24)10-5-11(18)7-12(19)6-10/h5-7,9,13-14H,3-4,8H2,1-2H3,(H,20,23). The fourth-order valence-corrected chi connectivity index (χ4v) is 3.78. The molecule has 3 rings (SSSR count). The average Bonchev–Trinajstić information content (AvgIpc) is 2.55. The van der Waals surface area contributed by atoms with E-state index >= 15 is 0 Å². The smallest absolute Gasteiger partial charge is 0.254 e. The topological polar surface area (TPSA) is 69.7 Å². The maximum absolute atomic E-state index is 12.7. The number of halogens is 2. The van der Waals surface area contributed by atoms with Gasteiger partial charge in [0, 0.05) is 28.7 Å². The Hall–Kier alpha value is -1.79. The molecule has 0 saturated carbocycles. The molecule has 8 heteroatoms. The highest BCUT2D eigenvalue weighted by Crippen LogP contribution is 2.23. The van der Waals surface area contributed by atoms with Crippen LogP contribution in [-0.4, -0.2) is 59.2 Å². The summed E-state index contributed by atoms with van der Waals surface area (Å²) in [6, 6.07) is 3.48. The summed E-state index contributed by atoms with van der Waals surface area (Å²) in [7, 11) is 0. The van der Waals surface area contributed by atoms with Crippen LogP contribution in [0.2, 0.25) is 10.0 Å². The lowest BCUT2D eigenvalue weighted by atomic mass is 9.96. The molecule has 1 N–H and O–H groups in total. The lowest BCUT2D eigenvalue weighted by Crippen LogP contribution is -2.70. The van der Waals surface area contributed by atoms with Gasteiger partial charge in [-0.2, -0.15) is 0 Å². The first-order valence-corrected chi connectivity index (χ1v) is 8.89. The summed E-state index contributed by atoms with van der Waals surface area (Å²) in [5.41, 5.74) is 0.369. The number of piperazine rings is 2. The largest absolute Gasteiger partial charge is 0.342 e. The number of nitrogens with one attached hydrogen (secondary N) is 1. The van der Waals surface area contributed by atoms with Crippen molar-refractivity contribution >= 4 is 40.9 Å². The molecular weight excluding hydrogens is 365 g/mol. The van der Waals surface area contributed by atoms with Gasteiger partial charge in [0.05, 0.1) is 6.54 Å². The van der Waals surface area contributed by atoms with Gasteiger partial charge < -0.3 is 15.1 Å². The van der Waals surface area contributed by atoms with Gasteiger partial charge in [-0.25, -0.2) is 0 Å². The van der Waals surface area contributed by atoms with E-state index in [1.807, 2.05) is 13.8 Å². The van der Waals surface area contributed by atoms with E-state index in [1.54, 1.807) is 28.0 Å². The summed E-state index contributed by atoms with van der Waals surface area (Å²) in [6.07, 6.45) is 0. The van der Waals surface area contributed by atoms with Gasteiger partial charge in [0.2, 0.25) is 11.8 Å². The molecule has 0 radical (unpaired) electrons. The predicted octanol–water partition coefficient (Wildman–Crippen LogP) is 1.80. The molecule has 134 valence electrons. The molecule has 2 atom stereocenters. The Kier molecular flexibility index (Phi) is 4.93. The fourth-order valence-electron chi connectivity index (χ4n) is 3.26. The second-order valence-electron chi connectivity index (χ2n) is 6.69. The van der Waals surface area contributed by atoms with Crippen LogP contribution >= 0.6 is 23.2 Å². The van der Waals surface area contributed by atoms with Crippen LogP contribution < -0.4 is 5.32 Å². The van der Waals surface area contributed by atoms with Gasteiger partial charge in [-0.3, -0.25) is 14.4 Å². The molecule has 2 aliphatic rings. The Morgan fingerprint density at radius 3 is 2.40 bits per heavy atom. The van der Waals surface area contributed by atoms with Crippen molar-refractivity contribution in [3.8, 4) is 0 Å². The van der Waals surface area contributed by atoms with Crippen molar-refractivity contribution < 1.29 is 14.4 Å². The quantitative estimate of drug-likeness (QED) is 0.846. The van der Waals surface area contributed by atoms with E-state index < -0.39 is 12.1 Å². The van der Waals surface area contributed by atoms with Gasteiger partial charge in [0.25, 0.3) is 5.91 Å². The highest BCUT2D eigenvalue weighted by Gasteiger charge is 2.45. The monoisotopic (exact) mass is 383 g/mol. The molecule has 2 fully saturated rings. The Morgan fingerprint density at radius 2 is 1.80 bits per heavy atom. The first kappa shape index (κ1) is 18.0. The summed E-state index contributed by atoms with van der Waals surface area (Å²) in [5, 5.41) is 3.52. The number of nitrogens with zero attached hydrogens (tertiary/aromatic N) is 2. The Morgan fingerprint density at radius 1 is 1.16 bits per heavy atom. The van der Waals surface area contributed by atoms with Crippen LogP contribution in [0.4, 0.5) is 0 Å². The van der Waals surface area contributed by atoms with Crippen LogP contribution in [0.25, 0.3) is 0 Å². The zero-order chi connectivity index (χ0) is 18.3. The molecule has 0 bridgehead atoms. The van der Waals surface area contributed by atoms with Crippen LogP contribution in [0, 0.1) is 5.92 Å². The minimum atomic E-state index is -0.658. The van der Waals surface area contributed by atoms with Gasteiger partial charge >= 0.3 is 0 Å². The molecule has 25 heavy (non-hydrogen) atoms. The molecule has 1 aromatic rings. The number of amides is 3. The molecule has 2 aliphatic heterocycles. The minimum Gasteiger partial charge on any atom is -0.342 e. The Labute approximate surface area is 156 Å². The number of hydrogen-bond acceptors (Lipinski definition) is 3. The molecule has 0 aliphatic carbocycles. The summed E-state index contributed by atoms with van der Waals surface area (Å²) in [4.78, 5) is 40.8. The van der Waals surface area contributed by atoms with Crippen LogP contribution in [0.15, 0.2) is 18.2 Å². The van der Waals surface area contributed by atoms with E-state index in [4.69, 9.17) is 23.2 Å². The molecule has 0 spiro atoms. The summed E-state index contributed by atoms with van der Waals surface area (Å²) in [6.45, 7) is 4.65. The van der Waals surface area contributed by atoms with Crippen molar-refractivity contribution in [3.63, 3.8) is 0 Å². The number of carbonyl (C=O) groups excluding carboxylic acids is 3. The summed E-state index contributed by atoms with van der Waals surface area (Å²) >= 11 is 11.9. The lowest BCUT2D eigenvalue weighted by molar-refractivity contribution is -0.153. The van der Waals surface area contributed by atoms with E-state index in [1.165, 1.54) is 0 Å². The molecule has 3 amide bonds. The van der Waals surface area contributed by atoms with Crippen LogP contribution in [-0.2, 0) is 9.59 Å². The molecule has 2 unspecified atom stereocenters. The average molecular weight is 384 g/mol. The first-order valence-electron chi connectivity index (χ1n) is 8.14. The summed E-state index contributed by atoms with van der Waals surface area (Å²) in [5.74, 6) is -0.543. The zero-order valence-electron chi connectivity index (χ0n) is 14.0. The van der Waals surface area contributed by atoms with Crippen molar-refractivity contribution in [1.29, 1.82) is 0 Å². The molecule has 1 aromatic carbocycles. The minimum absolute atomic E-state index is 0.0191. The molecule has 6 nitrogen and oxygen atoms in total. The van der Waals surface area contributed by atoms with Gasteiger partial charge in [-0.1, -0.05) is 37.0 Å². The van der Waals surface area contributed by atoms with Gasteiger partial charge in [-0.15, -0.1) is 0 Å². The molecular formula is C17H19Cl2N3O3. The fraction of sp³-hybridized carbons (Fsp3) is 0.471. The summed E-state index contributed by atoms with van der Waals surface area (Å²) < 4.78 is 0. The van der Waals surface area contributed by atoms with Crippen molar-refractivity contribution in [2.45, 2.75) is 25.9 Å². The molecule has 2 heterocycles. The van der Waals surface area contributed by atoms with Gasteiger partial charge in [0.1, 0.15) is 12.1 Å². The number of hydrogen-bond donors (Lipinski definition) is 1. The van der Waals surface area contributed by atoms with Crippen LogP contribution in [0.3, 0.4) is 0 Å². The van der Waals surface area contributed by atoms with E-state index in [0.717, 1.165) is 0 Å². The van der Waals surface area contributed by atoms with Crippen LogP contribution in [0.5, 0.6) is 0 Å². The van der Waals surface area contributed by atoms with E-state index in [0.29, 0.717) is 28.7 Å². The molecule has 0 aromatic heterocycles. The number of rotatable bonds is 2. The van der Waals surface area contributed by atoms with E-state index in [9.17, 15) is 14.4 Å². The highest BCUT2D eigenvalue weighted by molar-refractivity contribution is 6.35. The molecule has 2 saturated heterocycles. The highest BCUT2D eigenvalue weighted by atomic mass is 35.5. The Balaban J connectivity index is 1.78. The van der Waals surface area contributed by atoms with Gasteiger partial charge in [-0.05, 0) is 24.1 Å². The van der Waals surface area contributed by atoms with Crippen molar-refractivity contribution in [3.05, 3.63) is 33.8 Å². The van der Waals surface area contributed by atoms with E-state index in [2.05, 4.69) is 5.32 Å². The van der Waals surface area contributed by atoms with Crippen molar-refractivity contribution in [2.75, 3.05) is 19.6 Å². The number of fused-ring (bicyclic) bond motifs is 1. The SMILES string of the molecule is CC(C)C1NC(=O)C2CN(C(=O)c3cc(Cl)cc(Cl)c3)CCN2C1=O. The zero-order valence-corrected chi connectivity index (χ0v) is 15.5. The number of benzene rings is 1. The maximum atomic E-state index is 12.7. The van der Waals surface area contributed by atoms with Crippen molar-refractivity contribution in [1.82, 2.24) is 15.1 Å². The van der Waals surface area contributed by atoms with Crippen molar-refractivity contribution in [2.24, 2.45) is 5.92 Å². The van der Waals surface area contributed by atoms with E-state index in [-0.39, 0.29) is 30.2 Å². The normalized spacial score (nSPS) is 23.6. The third-order valence-electron chi connectivity index (χ3n) is 4.59. The maximum Gasteiger partial charge on any atom is 0.254 e. The lowest BCUT2D eigenvalue weighted by Gasteiger charge is -2.46. The second kappa shape index (κ2) is 6.84. The third kappa shape index (κ3) is 3.46. The van der Waals surface area contributed by atoms with Gasteiger partial charge in [0.15, 0.2) is 0 Å². The predicted molar refractivity (Wildman–Crippen MR) is 94.6 cm³/mol. The Bertz CT molecular complexity index is 718. The third-order valence-corrected chi connectivity index (χ3v) is 5.03. The second-order valence-corrected chi connectivity index (χ2v) is 7.56. The van der Waals surface area contributed by atoms with Crippen LogP contribution in [0.1, 0.15) is 24.2 Å². The number of carbonyl (C=O) groups is 3.